The van der Waals surface area contributed by atoms with E-state index in [0.717, 1.165) is 0 Å². The van der Waals surface area contributed by atoms with Crippen molar-refractivity contribution in [2.24, 2.45) is 0 Å². The van der Waals surface area contributed by atoms with Crippen molar-refractivity contribution in [1.29, 1.82) is 0 Å². The van der Waals surface area contributed by atoms with E-state index in [4.69, 9.17) is 4.74 Å². The molecule has 6 heteroatoms. The van der Waals surface area contributed by atoms with E-state index in [1.54, 1.807) is 29.8 Å². The topological polar surface area (TPSA) is 75.9 Å². The van der Waals surface area contributed by atoms with E-state index in [0.29, 0.717) is 29.7 Å². The molecule has 0 saturated heterocycles. The Morgan fingerprint density at radius 1 is 1.58 bits per heavy atom. The molecule has 1 fully saturated rings. The highest BCUT2D eigenvalue weighted by Gasteiger charge is 2.22. The number of methoxy groups -OCH3 is 1. The smallest absolute Gasteiger partial charge is 0.356 e. The number of rotatable bonds is 5. The quantitative estimate of drug-likeness (QED) is 0.848. The lowest BCUT2D eigenvalue weighted by molar-refractivity contribution is 0.0693. The Balaban J connectivity index is 2.04. The van der Waals surface area contributed by atoms with Crippen LogP contribution in [0.15, 0.2) is 18.3 Å². The first-order chi connectivity index (χ1) is 9.19. The first kappa shape index (κ1) is 12.0. The van der Waals surface area contributed by atoms with Gasteiger partial charge in [0.15, 0.2) is 5.69 Å². The van der Waals surface area contributed by atoms with E-state index in [2.05, 4.69) is 10.3 Å². The van der Waals surface area contributed by atoms with E-state index in [1.807, 2.05) is 0 Å². The third kappa shape index (κ3) is 2.26. The SMILES string of the molecule is COc1ccc2c(C(=O)O)nc(CNC3CC3)n2c1. The van der Waals surface area contributed by atoms with Crippen molar-refractivity contribution in [2.75, 3.05) is 7.11 Å². The maximum atomic E-state index is 11.2. The normalized spacial score (nSPS) is 14.8. The van der Waals surface area contributed by atoms with E-state index in [1.165, 1.54) is 12.8 Å². The summed E-state index contributed by atoms with van der Waals surface area (Å²) in [6.07, 6.45) is 4.12. The van der Waals surface area contributed by atoms with Crippen LogP contribution in [0.4, 0.5) is 0 Å². The molecule has 0 aliphatic heterocycles. The highest BCUT2D eigenvalue weighted by atomic mass is 16.5. The summed E-state index contributed by atoms with van der Waals surface area (Å²) in [4.78, 5) is 15.4. The summed E-state index contributed by atoms with van der Waals surface area (Å²) in [5.74, 6) is 0.355. The van der Waals surface area contributed by atoms with Crippen molar-refractivity contribution in [3.05, 3.63) is 29.8 Å². The van der Waals surface area contributed by atoms with Crippen molar-refractivity contribution >= 4 is 11.5 Å². The number of carboxylic acid groups (broad SMARTS) is 1. The molecule has 2 aromatic rings. The lowest BCUT2D eigenvalue weighted by Gasteiger charge is -2.04. The summed E-state index contributed by atoms with van der Waals surface area (Å²) in [7, 11) is 1.58. The van der Waals surface area contributed by atoms with Gasteiger partial charge in [-0.15, -0.1) is 0 Å². The van der Waals surface area contributed by atoms with Gasteiger partial charge in [0.1, 0.15) is 11.6 Å². The number of aromatic carboxylic acids is 1. The molecule has 100 valence electrons. The zero-order valence-corrected chi connectivity index (χ0v) is 10.6. The Kier molecular flexibility index (Phi) is 2.87. The third-order valence-electron chi connectivity index (χ3n) is 3.25. The molecule has 0 unspecified atom stereocenters. The van der Waals surface area contributed by atoms with Crippen LogP contribution in [-0.2, 0) is 6.54 Å². The second-order valence-corrected chi connectivity index (χ2v) is 4.66. The zero-order chi connectivity index (χ0) is 13.4. The molecule has 19 heavy (non-hydrogen) atoms. The van der Waals surface area contributed by atoms with Gasteiger partial charge in [-0.25, -0.2) is 9.78 Å². The van der Waals surface area contributed by atoms with Gasteiger partial charge in [0.25, 0.3) is 0 Å². The molecular formula is C13H15N3O3. The van der Waals surface area contributed by atoms with Crippen molar-refractivity contribution in [2.45, 2.75) is 25.4 Å². The number of aromatic nitrogens is 2. The maximum Gasteiger partial charge on any atom is 0.356 e. The lowest BCUT2D eigenvalue weighted by Crippen LogP contribution is -2.17. The number of imidazole rings is 1. The molecule has 0 radical (unpaired) electrons. The zero-order valence-electron chi connectivity index (χ0n) is 10.6. The second kappa shape index (κ2) is 4.55. The second-order valence-electron chi connectivity index (χ2n) is 4.66. The molecular weight excluding hydrogens is 246 g/mol. The number of hydrogen-bond acceptors (Lipinski definition) is 4. The molecule has 3 rings (SSSR count). The predicted molar refractivity (Wildman–Crippen MR) is 68.6 cm³/mol. The fraction of sp³-hybridized carbons (Fsp3) is 0.385. The number of pyridine rings is 1. The minimum absolute atomic E-state index is 0.0789. The summed E-state index contributed by atoms with van der Waals surface area (Å²) >= 11 is 0. The Labute approximate surface area is 110 Å². The summed E-state index contributed by atoms with van der Waals surface area (Å²) < 4.78 is 6.94. The van der Waals surface area contributed by atoms with Crippen LogP contribution in [0, 0.1) is 0 Å². The fourth-order valence-corrected chi connectivity index (χ4v) is 2.05. The van der Waals surface area contributed by atoms with Gasteiger partial charge in [0.05, 0.1) is 25.4 Å². The standard InChI is InChI=1S/C13H15N3O3/c1-19-9-4-5-10-12(13(17)18)15-11(16(10)7-9)6-14-8-2-3-8/h4-5,7-8,14H,2-3,6H2,1H3,(H,17,18). The average Bonchev–Trinajstić information content (AvgIpc) is 3.16. The number of nitrogens with one attached hydrogen (secondary N) is 1. The summed E-state index contributed by atoms with van der Waals surface area (Å²) in [5, 5.41) is 12.5. The summed E-state index contributed by atoms with van der Waals surface area (Å²) in [6.45, 7) is 0.562. The van der Waals surface area contributed by atoms with Crippen molar-refractivity contribution in [1.82, 2.24) is 14.7 Å². The average molecular weight is 261 g/mol. The van der Waals surface area contributed by atoms with Gasteiger partial charge < -0.3 is 15.2 Å². The van der Waals surface area contributed by atoms with Crippen LogP contribution < -0.4 is 10.1 Å². The van der Waals surface area contributed by atoms with E-state index >= 15 is 0 Å². The number of nitrogens with zero attached hydrogens (tertiary/aromatic N) is 2. The van der Waals surface area contributed by atoms with Gasteiger partial charge in [-0.1, -0.05) is 0 Å². The van der Waals surface area contributed by atoms with Gasteiger partial charge in [-0.3, -0.25) is 4.40 Å². The minimum atomic E-state index is -1.01. The van der Waals surface area contributed by atoms with Crippen molar-refractivity contribution < 1.29 is 14.6 Å². The van der Waals surface area contributed by atoms with Crippen LogP contribution in [0.2, 0.25) is 0 Å². The number of hydrogen-bond donors (Lipinski definition) is 2. The Morgan fingerprint density at radius 2 is 2.37 bits per heavy atom. The first-order valence-electron chi connectivity index (χ1n) is 6.20. The molecule has 1 aliphatic carbocycles. The maximum absolute atomic E-state index is 11.2. The fourth-order valence-electron chi connectivity index (χ4n) is 2.05. The Hall–Kier alpha value is -2.08. The van der Waals surface area contributed by atoms with Gasteiger partial charge >= 0.3 is 5.97 Å². The van der Waals surface area contributed by atoms with Gasteiger partial charge in [-0.05, 0) is 25.0 Å². The number of carbonyl (C=O) groups is 1. The molecule has 0 amide bonds. The van der Waals surface area contributed by atoms with E-state index in [-0.39, 0.29) is 5.69 Å². The molecule has 0 atom stereocenters. The van der Waals surface area contributed by atoms with Crippen molar-refractivity contribution in [3.63, 3.8) is 0 Å². The molecule has 0 aromatic carbocycles. The first-order valence-corrected chi connectivity index (χ1v) is 6.20. The number of carboxylic acids is 1. The molecule has 0 spiro atoms. The molecule has 0 bridgehead atoms. The van der Waals surface area contributed by atoms with Crippen LogP contribution in [0.25, 0.3) is 5.52 Å². The lowest BCUT2D eigenvalue weighted by atomic mass is 10.3. The van der Waals surface area contributed by atoms with E-state index in [9.17, 15) is 9.90 Å². The van der Waals surface area contributed by atoms with Gasteiger partial charge in [0, 0.05) is 6.04 Å². The molecule has 1 aliphatic rings. The molecule has 2 heterocycles. The van der Waals surface area contributed by atoms with Crippen molar-refractivity contribution in [3.8, 4) is 5.75 Å². The molecule has 1 saturated carbocycles. The predicted octanol–water partition coefficient (Wildman–Crippen LogP) is 1.29. The molecule has 2 aromatic heterocycles. The molecule has 6 nitrogen and oxygen atoms in total. The van der Waals surface area contributed by atoms with E-state index < -0.39 is 5.97 Å². The summed E-state index contributed by atoms with van der Waals surface area (Å²) in [6, 6.07) is 4.00. The molecule has 2 N–H and O–H groups in total. The van der Waals surface area contributed by atoms with Crippen LogP contribution >= 0.6 is 0 Å². The monoisotopic (exact) mass is 261 g/mol. The highest BCUT2D eigenvalue weighted by Crippen LogP contribution is 2.21. The van der Waals surface area contributed by atoms with Crippen LogP contribution in [0.1, 0.15) is 29.2 Å². The largest absolute Gasteiger partial charge is 0.495 e. The third-order valence-corrected chi connectivity index (χ3v) is 3.25. The number of ether oxygens (including phenoxy) is 1. The van der Waals surface area contributed by atoms with Gasteiger partial charge in [-0.2, -0.15) is 0 Å². The minimum Gasteiger partial charge on any atom is -0.495 e. The summed E-state index contributed by atoms with van der Waals surface area (Å²) in [5.41, 5.74) is 0.663. The Morgan fingerprint density at radius 3 is 3.00 bits per heavy atom. The van der Waals surface area contributed by atoms with Crippen LogP contribution in [0.5, 0.6) is 5.75 Å². The van der Waals surface area contributed by atoms with Gasteiger partial charge in [0.2, 0.25) is 0 Å². The highest BCUT2D eigenvalue weighted by molar-refractivity contribution is 5.93. The number of fused-ring (bicyclic) bond motifs is 1. The van der Waals surface area contributed by atoms with Crippen LogP contribution in [-0.4, -0.2) is 33.6 Å². The Bertz CT molecular complexity index is 631. The van der Waals surface area contributed by atoms with Crippen LogP contribution in [0.3, 0.4) is 0 Å².